The maximum atomic E-state index is 12.3. The molecular formula is C19H30N2O6. The minimum absolute atomic E-state index is 0.316. The summed E-state index contributed by atoms with van der Waals surface area (Å²) in [5.74, 6) is 0. The quantitative estimate of drug-likeness (QED) is 0.618. The number of aromatic nitrogens is 2. The Morgan fingerprint density at radius 3 is 2.63 bits per heavy atom. The molecule has 8 nitrogen and oxygen atoms in total. The molecule has 4 atom stereocenters. The number of nitrogens with zero attached hydrogens (tertiary/aromatic N) is 1. The van der Waals surface area contributed by atoms with Crippen LogP contribution in [0.2, 0.25) is 0 Å². The van der Waals surface area contributed by atoms with Gasteiger partial charge in [0.05, 0.1) is 13.2 Å². The first-order valence-electron chi connectivity index (χ1n) is 9.92. The maximum Gasteiger partial charge on any atom is 0.330 e. The van der Waals surface area contributed by atoms with E-state index in [9.17, 15) is 9.59 Å². The smallest absolute Gasteiger partial charge is 0.330 e. The van der Waals surface area contributed by atoms with Crippen molar-refractivity contribution in [1.82, 2.24) is 9.55 Å². The summed E-state index contributed by atoms with van der Waals surface area (Å²) >= 11 is 0. The van der Waals surface area contributed by atoms with Gasteiger partial charge in [-0.05, 0) is 12.8 Å². The van der Waals surface area contributed by atoms with Crippen LogP contribution in [0.5, 0.6) is 0 Å². The van der Waals surface area contributed by atoms with Crippen LogP contribution in [0.3, 0.4) is 0 Å². The first-order valence-corrected chi connectivity index (χ1v) is 9.92. The van der Waals surface area contributed by atoms with E-state index in [4.69, 9.17) is 18.9 Å². The van der Waals surface area contributed by atoms with Crippen molar-refractivity contribution in [3.63, 3.8) is 0 Å². The van der Waals surface area contributed by atoms with Crippen molar-refractivity contribution in [3.05, 3.63) is 33.1 Å². The first kappa shape index (κ1) is 20.3. The van der Waals surface area contributed by atoms with Gasteiger partial charge in [0, 0.05) is 31.9 Å². The Morgan fingerprint density at radius 2 is 2.00 bits per heavy atom. The summed E-state index contributed by atoms with van der Waals surface area (Å²) in [5.41, 5.74) is -1.68. The van der Waals surface area contributed by atoms with Crippen LogP contribution >= 0.6 is 0 Å². The lowest BCUT2D eigenvalue weighted by Gasteiger charge is -2.45. The molecule has 1 aromatic rings. The Hall–Kier alpha value is -1.48. The van der Waals surface area contributed by atoms with E-state index in [-0.39, 0.29) is 12.2 Å². The first-order chi connectivity index (χ1) is 13.1. The zero-order valence-corrected chi connectivity index (χ0v) is 16.1. The third-order valence-electron chi connectivity index (χ3n) is 5.23. The van der Waals surface area contributed by atoms with Gasteiger partial charge in [-0.1, -0.05) is 26.7 Å². The molecule has 0 saturated carbocycles. The van der Waals surface area contributed by atoms with Crippen LogP contribution in [-0.4, -0.2) is 53.8 Å². The second-order valence-electron chi connectivity index (χ2n) is 7.17. The van der Waals surface area contributed by atoms with Gasteiger partial charge in [-0.25, -0.2) is 4.79 Å². The normalized spacial score (nSPS) is 29.9. The van der Waals surface area contributed by atoms with Gasteiger partial charge in [-0.2, -0.15) is 0 Å². The Morgan fingerprint density at radius 1 is 1.26 bits per heavy atom. The standard InChI is InChI=1S/C19H30N2O6/c1-3-5-10-24-13-14-16(25-11-6-4-2)19(8-12-26-19)17(27-14)21-9-7-15(22)20-18(21)23/h7,9,14,16-17H,3-6,8,10-13H2,1-2H3,(H,20,22,23)/t14-,16-,17-,19-/m1/s1. The summed E-state index contributed by atoms with van der Waals surface area (Å²) < 4.78 is 25.5. The van der Waals surface area contributed by atoms with E-state index < -0.39 is 23.1 Å². The summed E-state index contributed by atoms with van der Waals surface area (Å²) in [7, 11) is 0. The second kappa shape index (κ2) is 9.14. The predicted molar refractivity (Wildman–Crippen MR) is 98.9 cm³/mol. The molecule has 0 radical (unpaired) electrons. The van der Waals surface area contributed by atoms with Crippen molar-refractivity contribution >= 4 is 0 Å². The number of rotatable bonds is 10. The van der Waals surface area contributed by atoms with E-state index in [0.29, 0.717) is 26.4 Å². The van der Waals surface area contributed by atoms with Crippen LogP contribution < -0.4 is 11.2 Å². The molecule has 8 heteroatoms. The highest BCUT2D eigenvalue weighted by Crippen LogP contribution is 2.49. The van der Waals surface area contributed by atoms with Crippen LogP contribution in [0.15, 0.2) is 21.9 Å². The molecule has 0 bridgehead atoms. The summed E-state index contributed by atoms with van der Waals surface area (Å²) in [5, 5.41) is 0. The lowest BCUT2D eigenvalue weighted by molar-refractivity contribution is -0.235. The van der Waals surface area contributed by atoms with Gasteiger partial charge in [-0.3, -0.25) is 14.3 Å². The second-order valence-corrected chi connectivity index (χ2v) is 7.17. The average Bonchev–Trinajstić information content (AvgIpc) is 2.93. The van der Waals surface area contributed by atoms with Crippen LogP contribution in [0.4, 0.5) is 0 Å². The van der Waals surface area contributed by atoms with E-state index in [0.717, 1.165) is 32.1 Å². The van der Waals surface area contributed by atoms with Crippen molar-refractivity contribution in [3.8, 4) is 0 Å². The van der Waals surface area contributed by atoms with Gasteiger partial charge in [0.2, 0.25) is 0 Å². The fraction of sp³-hybridized carbons (Fsp3) is 0.789. The monoisotopic (exact) mass is 382 g/mol. The largest absolute Gasteiger partial charge is 0.379 e. The van der Waals surface area contributed by atoms with Gasteiger partial charge >= 0.3 is 5.69 Å². The molecule has 1 spiro atoms. The van der Waals surface area contributed by atoms with Gasteiger partial charge in [0.15, 0.2) is 6.23 Å². The van der Waals surface area contributed by atoms with Gasteiger partial charge in [0.1, 0.15) is 17.8 Å². The average molecular weight is 382 g/mol. The Kier molecular flexibility index (Phi) is 6.86. The van der Waals surface area contributed by atoms with Crippen molar-refractivity contribution in [2.75, 3.05) is 26.4 Å². The Balaban J connectivity index is 1.83. The van der Waals surface area contributed by atoms with E-state index in [1.807, 2.05) is 0 Å². The maximum absolute atomic E-state index is 12.3. The summed E-state index contributed by atoms with van der Waals surface area (Å²) in [6.45, 7) is 6.47. The minimum atomic E-state index is -0.728. The van der Waals surface area contributed by atoms with Crippen LogP contribution in [0.1, 0.15) is 52.2 Å². The number of hydrogen-bond acceptors (Lipinski definition) is 6. The SMILES string of the molecule is CCCCOC[C@H]1O[C@@H](n2ccc(=O)[nH]c2=O)[C@@]2(CCO2)[C@@H]1OCCCC. The molecular weight excluding hydrogens is 352 g/mol. The molecule has 3 heterocycles. The summed E-state index contributed by atoms with van der Waals surface area (Å²) in [4.78, 5) is 26.0. The molecule has 0 amide bonds. The van der Waals surface area contributed by atoms with Crippen LogP contribution in [0, 0.1) is 0 Å². The van der Waals surface area contributed by atoms with Crippen molar-refractivity contribution < 1.29 is 18.9 Å². The Bertz CT molecular complexity index is 711. The molecule has 0 unspecified atom stereocenters. The molecule has 27 heavy (non-hydrogen) atoms. The fourth-order valence-corrected chi connectivity index (χ4v) is 3.65. The third-order valence-corrected chi connectivity index (χ3v) is 5.23. The lowest BCUT2D eigenvalue weighted by atomic mass is 9.86. The number of unbranched alkanes of at least 4 members (excludes halogenated alkanes) is 2. The fourth-order valence-electron chi connectivity index (χ4n) is 3.65. The van der Waals surface area contributed by atoms with E-state index >= 15 is 0 Å². The van der Waals surface area contributed by atoms with E-state index in [1.165, 1.54) is 16.8 Å². The molecule has 2 aliphatic rings. The molecule has 1 N–H and O–H groups in total. The van der Waals surface area contributed by atoms with Crippen LogP contribution in [-0.2, 0) is 18.9 Å². The number of aromatic amines is 1. The van der Waals surface area contributed by atoms with Crippen molar-refractivity contribution in [1.29, 1.82) is 0 Å². The van der Waals surface area contributed by atoms with E-state index in [1.54, 1.807) is 0 Å². The van der Waals surface area contributed by atoms with Gasteiger partial charge in [-0.15, -0.1) is 0 Å². The summed E-state index contributed by atoms with van der Waals surface area (Å²) in [6.07, 6.45) is 4.90. The molecule has 2 aliphatic heterocycles. The van der Waals surface area contributed by atoms with Gasteiger partial charge in [0.25, 0.3) is 5.56 Å². The number of nitrogens with one attached hydrogen (secondary N) is 1. The highest BCUT2D eigenvalue weighted by Gasteiger charge is 2.63. The van der Waals surface area contributed by atoms with Crippen molar-refractivity contribution in [2.45, 2.75) is 70.0 Å². The Labute approximate surface area is 158 Å². The molecule has 0 aromatic carbocycles. The summed E-state index contributed by atoms with van der Waals surface area (Å²) in [6, 6.07) is 1.31. The zero-order chi connectivity index (χ0) is 19.3. The third kappa shape index (κ3) is 4.18. The zero-order valence-electron chi connectivity index (χ0n) is 16.1. The lowest BCUT2D eigenvalue weighted by Crippen LogP contribution is -2.58. The molecule has 152 valence electrons. The number of hydrogen-bond donors (Lipinski definition) is 1. The number of H-pyrrole nitrogens is 1. The molecule has 1 aromatic heterocycles. The molecule has 3 rings (SSSR count). The molecule has 0 aliphatic carbocycles. The number of ether oxygens (including phenoxy) is 4. The highest BCUT2D eigenvalue weighted by molar-refractivity contribution is 5.08. The molecule has 2 fully saturated rings. The minimum Gasteiger partial charge on any atom is -0.379 e. The van der Waals surface area contributed by atoms with Gasteiger partial charge < -0.3 is 18.9 Å². The predicted octanol–water partition coefficient (Wildman–Crippen LogP) is 1.60. The molecule has 2 saturated heterocycles. The topological polar surface area (TPSA) is 91.8 Å². The highest BCUT2D eigenvalue weighted by atomic mass is 16.6. The van der Waals surface area contributed by atoms with Crippen molar-refractivity contribution in [2.24, 2.45) is 0 Å². The van der Waals surface area contributed by atoms with Crippen LogP contribution in [0.25, 0.3) is 0 Å². The van der Waals surface area contributed by atoms with E-state index in [2.05, 4.69) is 18.8 Å².